The molecule has 0 saturated carbocycles. The number of rotatable bonds is 2. The lowest BCUT2D eigenvalue weighted by Crippen LogP contribution is -2.26. The van der Waals surface area contributed by atoms with E-state index in [1.54, 1.807) is 18.2 Å². The van der Waals surface area contributed by atoms with Gasteiger partial charge in [0.05, 0.1) is 16.6 Å². The van der Waals surface area contributed by atoms with Crippen LogP contribution in [0.2, 0.25) is 5.02 Å². The van der Waals surface area contributed by atoms with Gasteiger partial charge in [-0.2, -0.15) is 0 Å². The van der Waals surface area contributed by atoms with Crippen LogP contribution < -0.4 is 10.6 Å². The molecule has 1 aliphatic heterocycles. The maximum atomic E-state index is 12.3. The van der Waals surface area contributed by atoms with Crippen molar-refractivity contribution in [3.63, 3.8) is 0 Å². The first-order valence-electron chi connectivity index (χ1n) is 6.85. The van der Waals surface area contributed by atoms with E-state index in [0.717, 1.165) is 4.90 Å². The second-order valence-electron chi connectivity index (χ2n) is 5.08. The highest BCUT2D eigenvalue weighted by Crippen LogP contribution is 2.36. The van der Waals surface area contributed by atoms with Gasteiger partial charge in [0.1, 0.15) is 5.75 Å². The standard InChI is InChI=1S/C16H13ClN2O3S/c1-8-15(21)19-12-6-9(2-5-14(12)23-8)16(22)18-11-7-10(17)3-4-13(11)20/h2-8,20H,1H3,(H,18,22)(H,19,21). The summed E-state index contributed by atoms with van der Waals surface area (Å²) in [6, 6.07) is 9.48. The Morgan fingerprint density at radius 2 is 2.09 bits per heavy atom. The van der Waals surface area contributed by atoms with Gasteiger partial charge in [-0.1, -0.05) is 11.6 Å². The maximum Gasteiger partial charge on any atom is 0.255 e. The number of hydrogen-bond donors (Lipinski definition) is 3. The molecule has 3 N–H and O–H groups in total. The molecule has 0 fully saturated rings. The molecule has 2 aromatic rings. The average Bonchev–Trinajstić information content (AvgIpc) is 2.51. The summed E-state index contributed by atoms with van der Waals surface area (Å²) in [5.41, 5.74) is 1.21. The summed E-state index contributed by atoms with van der Waals surface area (Å²) in [6.07, 6.45) is 0. The summed E-state index contributed by atoms with van der Waals surface area (Å²) in [6.45, 7) is 1.82. The predicted octanol–water partition coefficient (Wildman–Crippen LogP) is 3.73. The van der Waals surface area contributed by atoms with Crippen LogP contribution in [0.4, 0.5) is 11.4 Å². The van der Waals surface area contributed by atoms with Gasteiger partial charge in [0.15, 0.2) is 0 Å². The van der Waals surface area contributed by atoms with E-state index in [0.29, 0.717) is 16.3 Å². The number of nitrogens with one attached hydrogen (secondary N) is 2. The van der Waals surface area contributed by atoms with Crippen LogP contribution in [0.15, 0.2) is 41.3 Å². The molecule has 0 bridgehead atoms. The molecule has 0 saturated heterocycles. The molecule has 0 aromatic heterocycles. The Hall–Kier alpha value is -2.18. The van der Waals surface area contributed by atoms with E-state index in [1.807, 2.05) is 6.92 Å². The number of halogens is 1. The minimum atomic E-state index is -0.400. The van der Waals surface area contributed by atoms with E-state index in [1.165, 1.54) is 30.0 Å². The zero-order valence-electron chi connectivity index (χ0n) is 12.1. The molecular formula is C16H13ClN2O3S. The molecule has 0 aliphatic carbocycles. The first-order valence-corrected chi connectivity index (χ1v) is 8.11. The lowest BCUT2D eigenvalue weighted by Gasteiger charge is -2.21. The Balaban J connectivity index is 1.85. The molecule has 0 radical (unpaired) electrons. The monoisotopic (exact) mass is 348 g/mol. The van der Waals surface area contributed by atoms with E-state index >= 15 is 0 Å². The van der Waals surface area contributed by atoms with E-state index in [4.69, 9.17) is 11.6 Å². The Kier molecular flexibility index (Phi) is 4.19. The number of benzene rings is 2. The first-order chi connectivity index (χ1) is 10.9. The predicted molar refractivity (Wildman–Crippen MR) is 91.5 cm³/mol. The fourth-order valence-electron chi connectivity index (χ4n) is 2.15. The van der Waals surface area contributed by atoms with Crippen LogP contribution in [0.25, 0.3) is 0 Å². The van der Waals surface area contributed by atoms with Crippen LogP contribution in [0, 0.1) is 0 Å². The highest BCUT2D eigenvalue weighted by Gasteiger charge is 2.23. The largest absolute Gasteiger partial charge is 0.506 e. The number of amides is 2. The minimum absolute atomic E-state index is 0.0709. The van der Waals surface area contributed by atoms with Crippen LogP contribution in [0.3, 0.4) is 0 Å². The van der Waals surface area contributed by atoms with Gasteiger partial charge in [-0.15, -0.1) is 11.8 Å². The number of phenolic OH excluding ortho intramolecular Hbond substituents is 1. The molecule has 5 nitrogen and oxygen atoms in total. The molecule has 23 heavy (non-hydrogen) atoms. The summed E-state index contributed by atoms with van der Waals surface area (Å²) in [4.78, 5) is 25.0. The van der Waals surface area contributed by atoms with Crippen molar-refractivity contribution in [2.24, 2.45) is 0 Å². The van der Waals surface area contributed by atoms with Gasteiger partial charge in [0.2, 0.25) is 5.91 Å². The topological polar surface area (TPSA) is 78.4 Å². The van der Waals surface area contributed by atoms with Crippen molar-refractivity contribution in [1.29, 1.82) is 0 Å². The fourth-order valence-corrected chi connectivity index (χ4v) is 3.26. The Morgan fingerprint density at radius 3 is 2.87 bits per heavy atom. The molecule has 1 unspecified atom stereocenters. The van der Waals surface area contributed by atoms with Gasteiger partial charge < -0.3 is 15.7 Å². The van der Waals surface area contributed by atoms with E-state index < -0.39 is 5.91 Å². The quantitative estimate of drug-likeness (QED) is 0.722. The molecule has 3 rings (SSSR count). The zero-order valence-corrected chi connectivity index (χ0v) is 13.7. The molecule has 0 spiro atoms. The molecule has 1 atom stereocenters. The molecule has 2 aromatic carbocycles. The summed E-state index contributed by atoms with van der Waals surface area (Å²) < 4.78 is 0. The van der Waals surface area contributed by atoms with Crippen LogP contribution in [0.1, 0.15) is 17.3 Å². The SMILES string of the molecule is CC1Sc2ccc(C(=O)Nc3cc(Cl)ccc3O)cc2NC1=O. The Labute approximate surface area is 142 Å². The van der Waals surface area contributed by atoms with Crippen LogP contribution >= 0.6 is 23.4 Å². The highest BCUT2D eigenvalue weighted by atomic mass is 35.5. The first kappa shape index (κ1) is 15.7. The van der Waals surface area contributed by atoms with E-state index in [9.17, 15) is 14.7 Å². The molecule has 2 amide bonds. The minimum Gasteiger partial charge on any atom is -0.506 e. The van der Waals surface area contributed by atoms with Crippen molar-refractivity contribution in [3.8, 4) is 5.75 Å². The van der Waals surface area contributed by atoms with Crippen molar-refractivity contribution in [1.82, 2.24) is 0 Å². The Bertz CT molecular complexity index is 810. The van der Waals surface area contributed by atoms with Crippen LogP contribution in [-0.2, 0) is 4.79 Å². The van der Waals surface area contributed by atoms with Gasteiger partial charge in [-0.05, 0) is 43.3 Å². The van der Waals surface area contributed by atoms with Gasteiger partial charge in [0.25, 0.3) is 5.91 Å². The molecule has 7 heteroatoms. The van der Waals surface area contributed by atoms with Crippen molar-refractivity contribution < 1.29 is 14.7 Å². The van der Waals surface area contributed by atoms with Crippen LogP contribution in [-0.4, -0.2) is 22.2 Å². The van der Waals surface area contributed by atoms with Crippen molar-refractivity contribution in [2.45, 2.75) is 17.1 Å². The van der Waals surface area contributed by atoms with Crippen molar-refractivity contribution in [3.05, 3.63) is 47.0 Å². The molecular weight excluding hydrogens is 336 g/mol. The molecule has 1 aliphatic rings. The number of thioether (sulfide) groups is 1. The number of hydrogen-bond acceptors (Lipinski definition) is 4. The smallest absolute Gasteiger partial charge is 0.255 e. The number of aromatic hydroxyl groups is 1. The van der Waals surface area contributed by atoms with Gasteiger partial charge >= 0.3 is 0 Å². The summed E-state index contributed by atoms with van der Waals surface area (Å²) >= 11 is 7.31. The van der Waals surface area contributed by atoms with Crippen molar-refractivity contribution in [2.75, 3.05) is 10.6 Å². The third-order valence-corrected chi connectivity index (χ3v) is 4.79. The number of anilines is 2. The fraction of sp³-hybridized carbons (Fsp3) is 0.125. The van der Waals surface area contributed by atoms with E-state index in [-0.39, 0.29) is 22.6 Å². The maximum absolute atomic E-state index is 12.3. The number of fused-ring (bicyclic) bond motifs is 1. The lowest BCUT2D eigenvalue weighted by atomic mass is 10.1. The second-order valence-corrected chi connectivity index (χ2v) is 6.89. The molecule has 1 heterocycles. The third kappa shape index (κ3) is 3.28. The summed E-state index contributed by atoms with van der Waals surface area (Å²) in [5, 5.41) is 15.4. The number of carbonyl (C=O) groups excluding carboxylic acids is 2. The third-order valence-electron chi connectivity index (χ3n) is 3.38. The van der Waals surface area contributed by atoms with E-state index in [2.05, 4.69) is 10.6 Å². The highest BCUT2D eigenvalue weighted by molar-refractivity contribution is 8.00. The number of carbonyl (C=O) groups is 2. The summed E-state index contributed by atoms with van der Waals surface area (Å²) in [7, 11) is 0. The number of phenols is 1. The Morgan fingerprint density at radius 1 is 1.30 bits per heavy atom. The zero-order chi connectivity index (χ0) is 16.6. The van der Waals surface area contributed by atoms with Crippen molar-refractivity contribution >= 4 is 46.6 Å². The van der Waals surface area contributed by atoms with Gasteiger partial charge in [-0.3, -0.25) is 9.59 Å². The molecule has 118 valence electrons. The average molecular weight is 349 g/mol. The normalized spacial score (nSPS) is 16.4. The van der Waals surface area contributed by atoms with Gasteiger partial charge in [-0.25, -0.2) is 0 Å². The van der Waals surface area contributed by atoms with Gasteiger partial charge in [0, 0.05) is 15.5 Å². The lowest BCUT2D eigenvalue weighted by molar-refractivity contribution is -0.115. The second kappa shape index (κ2) is 6.14. The van der Waals surface area contributed by atoms with Crippen LogP contribution in [0.5, 0.6) is 5.75 Å². The summed E-state index contributed by atoms with van der Waals surface area (Å²) in [5.74, 6) is -0.561.